The van der Waals surface area contributed by atoms with Crippen molar-refractivity contribution in [3.63, 3.8) is 0 Å². The van der Waals surface area contributed by atoms with Crippen LogP contribution in [0.15, 0.2) is 22.7 Å². The second-order valence-corrected chi connectivity index (χ2v) is 5.05. The van der Waals surface area contributed by atoms with E-state index in [1.165, 1.54) is 6.07 Å². The molecule has 1 aromatic rings. The van der Waals surface area contributed by atoms with Gasteiger partial charge in [0.2, 0.25) is 0 Å². The highest BCUT2D eigenvalue weighted by Gasteiger charge is 2.24. The molecule has 92 valence electrons. The van der Waals surface area contributed by atoms with Crippen molar-refractivity contribution in [2.45, 2.75) is 0 Å². The Morgan fingerprint density at radius 1 is 1.29 bits per heavy atom. The summed E-state index contributed by atoms with van der Waals surface area (Å²) in [6.45, 7) is 2.96. The van der Waals surface area contributed by atoms with Crippen LogP contribution in [0.4, 0.5) is 4.39 Å². The van der Waals surface area contributed by atoms with Gasteiger partial charge in [0.05, 0.1) is 5.56 Å². The first-order chi connectivity index (χ1) is 8.09. The van der Waals surface area contributed by atoms with Gasteiger partial charge in [0.1, 0.15) is 5.82 Å². The number of likely N-dealkylation sites (N-methyl/N-ethyl adjacent to an activating group) is 1. The number of hydrogen-bond acceptors (Lipinski definition) is 2. The predicted molar refractivity (Wildman–Crippen MR) is 67.5 cm³/mol. The van der Waals surface area contributed by atoms with Crippen LogP contribution in [0.2, 0.25) is 0 Å². The molecule has 1 amide bonds. The summed E-state index contributed by atoms with van der Waals surface area (Å²) in [5.41, 5.74) is 0.136. The largest absolute Gasteiger partial charge is 0.336 e. The van der Waals surface area contributed by atoms with Crippen molar-refractivity contribution in [1.82, 2.24) is 9.80 Å². The van der Waals surface area contributed by atoms with Gasteiger partial charge in [0, 0.05) is 30.7 Å². The van der Waals surface area contributed by atoms with Gasteiger partial charge in [-0.2, -0.15) is 0 Å². The molecule has 1 aliphatic rings. The van der Waals surface area contributed by atoms with Crippen LogP contribution in [0.1, 0.15) is 10.4 Å². The van der Waals surface area contributed by atoms with Crippen LogP contribution in [-0.4, -0.2) is 48.9 Å². The van der Waals surface area contributed by atoms with E-state index in [-0.39, 0.29) is 11.5 Å². The van der Waals surface area contributed by atoms with Crippen LogP contribution in [0, 0.1) is 5.82 Å². The molecular formula is C12H14BrFN2O. The van der Waals surface area contributed by atoms with E-state index in [1.807, 2.05) is 7.05 Å². The molecule has 1 aromatic carbocycles. The minimum absolute atomic E-state index is 0.136. The summed E-state index contributed by atoms with van der Waals surface area (Å²) in [4.78, 5) is 16.0. The minimum atomic E-state index is -0.469. The zero-order chi connectivity index (χ0) is 12.4. The number of hydrogen-bond donors (Lipinski definition) is 0. The van der Waals surface area contributed by atoms with Crippen molar-refractivity contribution in [2.75, 3.05) is 33.2 Å². The molecule has 17 heavy (non-hydrogen) atoms. The molecule has 0 radical (unpaired) electrons. The van der Waals surface area contributed by atoms with E-state index in [9.17, 15) is 9.18 Å². The Labute approximate surface area is 108 Å². The lowest BCUT2D eigenvalue weighted by atomic mass is 10.1. The molecule has 0 aromatic heterocycles. The minimum Gasteiger partial charge on any atom is -0.336 e. The number of carbonyl (C=O) groups is 1. The smallest absolute Gasteiger partial charge is 0.258 e. The maximum absolute atomic E-state index is 13.6. The molecule has 1 heterocycles. The van der Waals surface area contributed by atoms with Crippen LogP contribution in [0.5, 0.6) is 0 Å². The monoisotopic (exact) mass is 300 g/mol. The lowest BCUT2D eigenvalue weighted by molar-refractivity contribution is 0.0658. The van der Waals surface area contributed by atoms with Gasteiger partial charge in [-0.3, -0.25) is 4.79 Å². The van der Waals surface area contributed by atoms with Crippen molar-refractivity contribution >= 4 is 21.8 Å². The second kappa shape index (κ2) is 5.14. The first kappa shape index (κ1) is 12.5. The lowest BCUT2D eigenvalue weighted by Crippen LogP contribution is -2.47. The maximum atomic E-state index is 13.6. The third-order valence-corrected chi connectivity index (χ3v) is 3.63. The van der Waals surface area contributed by atoms with E-state index < -0.39 is 5.82 Å². The van der Waals surface area contributed by atoms with E-state index in [0.29, 0.717) is 17.6 Å². The van der Waals surface area contributed by atoms with E-state index in [4.69, 9.17) is 0 Å². The van der Waals surface area contributed by atoms with Crippen molar-refractivity contribution < 1.29 is 9.18 Å². The fraction of sp³-hybridized carbons (Fsp3) is 0.417. The van der Waals surface area contributed by atoms with Crippen molar-refractivity contribution in [3.8, 4) is 0 Å². The standard InChI is InChI=1S/C12H14BrFN2O/c1-15-5-7-16(8-6-15)12(17)11-9(13)3-2-4-10(11)14/h2-4H,5-8H2,1H3. The summed E-state index contributed by atoms with van der Waals surface area (Å²) < 4.78 is 14.2. The van der Waals surface area contributed by atoms with Crippen molar-refractivity contribution in [2.24, 2.45) is 0 Å². The van der Waals surface area contributed by atoms with Crippen molar-refractivity contribution in [1.29, 1.82) is 0 Å². The molecule has 2 rings (SSSR count). The van der Waals surface area contributed by atoms with Crippen LogP contribution in [0.25, 0.3) is 0 Å². The fourth-order valence-corrected chi connectivity index (χ4v) is 2.38. The zero-order valence-corrected chi connectivity index (χ0v) is 11.2. The Hall–Kier alpha value is -0.940. The summed E-state index contributed by atoms with van der Waals surface area (Å²) in [5, 5.41) is 0. The SMILES string of the molecule is CN1CCN(C(=O)c2c(F)cccc2Br)CC1. The number of rotatable bonds is 1. The highest BCUT2D eigenvalue weighted by atomic mass is 79.9. The van der Waals surface area contributed by atoms with Crippen LogP contribution >= 0.6 is 15.9 Å². The average Bonchev–Trinajstić information content (AvgIpc) is 2.29. The summed E-state index contributed by atoms with van der Waals surface area (Å²) in [5.74, 6) is -0.702. The molecular weight excluding hydrogens is 287 g/mol. The molecule has 1 aliphatic heterocycles. The molecule has 0 N–H and O–H groups in total. The van der Waals surface area contributed by atoms with Gasteiger partial charge < -0.3 is 9.80 Å². The molecule has 0 bridgehead atoms. The Bertz CT molecular complexity index is 410. The van der Waals surface area contributed by atoms with Gasteiger partial charge in [0.15, 0.2) is 0 Å². The number of piperazine rings is 1. The molecule has 0 atom stereocenters. The first-order valence-electron chi connectivity index (χ1n) is 5.51. The Balaban J connectivity index is 2.20. The second-order valence-electron chi connectivity index (χ2n) is 4.19. The van der Waals surface area contributed by atoms with E-state index in [2.05, 4.69) is 20.8 Å². The number of nitrogens with zero attached hydrogens (tertiary/aromatic N) is 2. The number of amides is 1. The Kier molecular flexibility index (Phi) is 3.79. The van der Waals surface area contributed by atoms with Gasteiger partial charge in [-0.25, -0.2) is 4.39 Å². The van der Waals surface area contributed by atoms with Gasteiger partial charge in [0.25, 0.3) is 5.91 Å². The molecule has 0 saturated carbocycles. The van der Waals surface area contributed by atoms with Crippen LogP contribution in [0.3, 0.4) is 0 Å². The summed E-state index contributed by atoms with van der Waals surface area (Å²) in [6, 6.07) is 4.58. The lowest BCUT2D eigenvalue weighted by Gasteiger charge is -2.32. The van der Waals surface area contributed by atoms with Crippen LogP contribution in [-0.2, 0) is 0 Å². The average molecular weight is 301 g/mol. The van der Waals surface area contributed by atoms with E-state index >= 15 is 0 Å². The Morgan fingerprint density at radius 2 is 1.94 bits per heavy atom. The number of carbonyl (C=O) groups excluding carboxylic acids is 1. The molecule has 0 unspecified atom stereocenters. The summed E-state index contributed by atoms with van der Waals surface area (Å²) in [7, 11) is 2.01. The van der Waals surface area contributed by atoms with Gasteiger partial charge in [-0.15, -0.1) is 0 Å². The predicted octanol–water partition coefficient (Wildman–Crippen LogP) is 1.98. The molecule has 3 nitrogen and oxygen atoms in total. The van der Waals surface area contributed by atoms with E-state index in [1.54, 1.807) is 17.0 Å². The van der Waals surface area contributed by atoms with Crippen LogP contribution < -0.4 is 0 Å². The molecule has 0 aliphatic carbocycles. The highest BCUT2D eigenvalue weighted by molar-refractivity contribution is 9.10. The van der Waals surface area contributed by atoms with Crippen molar-refractivity contribution in [3.05, 3.63) is 34.1 Å². The quantitative estimate of drug-likeness (QED) is 0.792. The first-order valence-corrected chi connectivity index (χ1v) is 6.30. The zero-order valence-electron chi connectivity index (χ0n) is 9.62. The number of halogens is 2. The molecule has 0 spiro atoms. The Morgan fingerprint density at radius 3 is 2.53 bits per heavy atom. The fourth-order valence-electron chi connectivity index (χ4n) is 1.87. The van der Waals surface area contributed by atoms with Gasteiger partial charge in [-0.05, 0) is 35.1 Å². The third kappa shape index (κ3) is 2.66. The van der Waals surface area contributed by atoms with E-state index in [0.717, 1.165) is 13.1 Å². The third-order valence-electron chi connectivity index (χ3n) is 2.97. The molecule has 1 saturated heterocycles. The maximum Gasteiger partial charge on any atom is 0.258 e. The summed E-state index contributed by atoms with van der Waals surface area (Å²) >= 11 is 3.23. The highest BCUT2D eigenvalue weighted by Crippen LogP contribution is 2.21. The summed E-state index contributed by atoms with van der Waals surface area (Å²) in [6.07, 6.45) is 0. The molecule has 5 heteroatoms. The van der Waals surface area contributed by atoms with Gasteiger partial charge >= 0.3 is 0 Å². The van der Waals surface area contributed by atoms with Gasteiger partial charge in [-0.1, -0.05) is 6.07 Å². The number of benzene rings is 1. The normalized spacial score (nSPS) is 17.2. The molecule has 1 fully saturated rings. The topological polar surface area (TPSA) is 23.6 Å².